The molecule has 152 valence electrons. The van der Waals surface area contributed by atoms with E-state index in [0.29, 0.717) is 37.3 Å². The van der Waals surface area contributed by atoms with Gasteiger partial charge in [-0.3, -0.25) is 4.79 Å². The number of nitrogens with zero attached hydrogens (tertiary/aromatic N) is 5. The number of carbonyl (C=O) groups is 1. The van der Waals surface area contributed by atoms with Crippen LogP contribution in [0.3, 0.4) is 0 Å². The van der Waals surface area contributed by atoms with Crippen molar-refractivity contribution in [2.75, 3.05) is 26.4 Å². The molecule has 0 unspecified atom stereocenters. The Hall–Kier alpha value is -2.26. The lowest BCUT2D eigenvalue weighted by molar-refractivity contribution is 0.0679. The van der Waals surface area contributed by atoms with E-state index < -0.39 is 10.0 Å². The quantitative estimate of drug-likeness (QED) is 0.772. The lowest BCUT2D eigenvalue weighted by atomic mass is 10.0. The molecule has 2 heterocycles. The van der Waals surface area contributed by atoms with Crippen molar-refractivity contribution in [3.8, 4) is 5.69 Å². The fourth-order valence-electron chi connectivity index (χ4n) is 3.57. The second kappa shape index (κ2) is 7.63. The number of rotatable bonds is 4. The van der Waals surface area contributed by atoms with E-state index in [1.807, 2.05) is 26.0 Å². The van der Waals surface area contributed by atoms with Crippen LogP contribution in [0.25, 0.3) is 5.69 Å². The van der Waals surface area contributed by atoms with Gasteiger partial charge >= 0.3 is 0 Å². The first-order valence-electron chi connectivity index (χ1n) is 9.32. The molecule has 1 aliphatic rings. The lowest BCUT2D eigenvalue weighted by Gasteiger charge is -2.35. The van der Waals surface area contributed by atoms with E-state index in [1.54, 1.807) is 18.9 Å². The van der Waals surface area contributed by atoms with Crippen molar-refractivity contribution >= 4 is 15.9 Å². The van der Waals surface area contributed by atoms with Gasteiger partial charge in [0.15, 0.2) is 5.69 Å². The Morgan fingerprint density at radius 1 is 1.14 bits per heavy atom. The van der Waals surface area contributed by atoms with Crippen LogP contribution >= 0.6 is 0 Å². The molecule has 0 atom stereocenters. The third-order valence-electron chi connectivity index (χ3n) is 5.34. The average molecular weight is 406 g/mol. The van der Waals surface area contributed by atoms with Crippen LogP contribution in [0.2, 0.25) is 0 Å². The number of hydrogen-bond acceptors (Lipinski definition) is 5. The van der Waals surface area contributed by atoms with Gasteiger partial charge in [-0.05, 0) is 45.2 Å². The van der Waals surface area contributed by atoms with Crippen LogP contribution in [0.5, 0.6) is 0 Å². The highest BCUT2D eigenvalue weighted by Crippen LogP contribution is 2.20. The largest absolute Gasteiger partial charge is 0.337 e. The second-order valence-electron chi connectivity index (χ2n) is 7.52. The van der Waals surface area contributed by atoms with Crippen LogP contribution < -0.4 is 0 Å². The van der Waals surface area contributed by atoms with Gasteiger partial charge in [-0.25, -0.2) is 12.7 Å². The number of carbonyl (C=O) groups excluding carboxylic acids is 1. The summed E-state index contributed by atoms with van der Waals surface area (Å²) in [6.07, 6.45) is 2.43. The summed E-state index contributed by atoms with van der Waals surface area (Å²) in [5.74, 6) is -0.158. The van der Waals surface area contributed by atoms with Gasteiger partial charge in [-0.1, -0.05) is 17.7 Å². The molecule has 0 aliphatic carbocycles. The molecular formula is C19H27N5O3S. The van der Waals surface area contributed by atoms with Crippen LogP contribution in [0.15, 0.2) is 18.2 Å². The zero-order valence-corrected chi connectivity index (χ0v) is 17.8. The Balaban J connectivity index is 1.75. The Kier molecular flexibility index (Phi) is 5.58. The fourth-order valence-corrected chi connectivity index (χ4v) is 4.32. The molecule has 0 N–H and O–H groups in total. The third kappa shape index (κ3) is 4.10. The van der Waals surface area contributed by atoms with E-state index in [9.17, 15) is 13.2 Å². The van der Waals surface area contributed by atoms with Crippen molar-refractivity contribution in [3.63, 3.8) is 0 Å². The molecule has 2 aromatic rings. The lowest BCUT2D eigenvalue weighted by Crippen LogP contribution is -2.47. The Morgan fingerprint density at radius 3 is 2.36 bits per heavy atom. The van der Waals surface area contributed by atoms with Gasteiger partial charge in [-0.2, -0.15) is 9.90 Å². The highest BCUT2D eigenvalue weighted by atomic mass is 32.2. The monoisotopic (exact) mass is 405 g/mol. The number of amides is 1. The van der Waals surface area contributed by atoms with Gasteiger partial charge in [-0.15, -0.1) is 5.10 Å². The molecule has 0 radical (unpaired) electrons. The van der Waals surface area contributed by atoms with Crippen LogP contribution in [-0.2, 0) is 10.0 Å². The minimum absolute atomic E-state index is 0.0777. The van der Waals surface area contributed by atoms with Gasteiger partial charge < -0.3 is 4.90 Å². The fraction of sp³-hybridized carbons (Fsp3) is 0.526. The summed E-state index contributed by atoms with van der Waals surface area (Å²) in [7, 11) is -1.63. The number of aryl methyl sites for hydroxylation is 3. The van der Waals surface area contributed by atoms with Crippen molar-refractivity contribution < 1.29 is 13.2 Å². The van der Waals surface area contributed by atoms with Crippen molar-refractivity contribution in [3.05, 3.63) is 40.7 Å². The summed E-state index contributed by atoms with van der Waals surface area (Å²) >= 11 is 0. The van der Waals surface area contributed by atoms with Crippen molar-refractivity contribution in [1.82, 2.24) is 24.2 Å². The zero-order valence-electron chi connectivity index (χ0n) is 17.0. The zero-order chi connectivity index (χ0) is 20.6. The van der Waals surface area contributed by atoms with Crippen molar-refractivity contribution in [2.45, 2.75) is 39.7 Å². The standard InChI is InChI=1S/C19H27N5O3S/c1-13-6-7-17(14(2)12-13)24-20-15(3)18(21-24)19(25)23-10-8-16(9-11-23)22(4)28(5,26)27/h6-7,12,16H,8-11H2,1-5H3. The molecule has 28 heavy (non-hydrogen) atoms. The number of piperidine rings is 1. The number of benzene rings is 1. The molecule has 1 saturated heterocycles. The van der Waals surface area contributed by atoms with E-state index in [1.165, 1.54) is 15.4 Å². The predicted octanol–water partition coefficient (Wildman–Crippen LogP) is 1.69. The molecule has 1 aliphatic heterocycles. The van der Waals surface area contributed by atoms with Gasteiger partial charge in [0.25, 0.3) is 5.91 Å². The van der Waals surface area contributed by atoms with Crippen molar-refractivity contribution in [1.29, 1.82) is 0 Å². The summed E-state index contributed by atoms with van der Waals surface area (Å²) in [6, 6.07) is 5.92. The molecular weight excluding hydrogens is 378 g/mol. The predicted molar refractivity (Wildman–Crippen MR) is 107 cm³/mol. The van der Waals surface area contributed by atoms with E-state index in [2.05, 4.69) is 16.3 Å². The molecule has 1 amide bonds. The van der Waals surface area contributed by atoms with Gasteiger partial charge in [0.2, 0.25) is 10.0 Å². The van der Waals surface area contributed by atoms with Crippen LogP contribution in [0.4, 0.5) is 0 Å². The van der Waals surface area contributed by atoms with E-state index in [4.69, 9.17) is 0 Å². The maximum Gasteiger partial charge on any atom is 0.276 e. The smallest absolute Gasteiger partial charge is 0.276 e. The highest BCUT2D eigenvalue weighted by Gasteiger charge is 2.31. The Morgan fingerprint density at radius 2 is 1.79 bits per heavy atom. The van der Waals surface area contributed by atoms with Crippen LogP contribution in [0.1, 0.15) is 40.2 Å². The first-order valence-corrected chi connectivity index (χ1v) is 11.2. The molecule has 0 saturated carbocycles. The van der Waals surface area contributed by atoms with Crippen molar-refractivity contribution in [2.24, 2.45) is 0 Å². The normalized spacial score (nSPS) is 16.0. The van der Waals surface area contributed by atoms with Gasteiger partial charge in [0, 0.05) is 26.2 Å². The summed E-state index contributed by atoms with van der Waals surface area (Å²) in [5, 5.41) is 8.88. The number of hydrogen-bond donors (Lipinski definition) is 0. The number of aromatic nitrogens is 3. The van der Waals surface area contributed by atoms with E-state index >= 15 is 0 Å². The summed E-state index contributed by atoms with van der Waals surface area (Å²) in [6.45, 7) is 6.80. The van der Waals surface area contributed by atoms with Gasteiger partial charge in [0.1, 0.15) is 0 Å². The van der Waals surface area contributed by atoms with E-state index in [-0.39, 0.29) is 11.9 Å². The minimum atomic E-state index is -3.23. The van der Waals surface area contributed by atoms with Crippen LogP contribution in [0, 0.1) is 20.8 Å². The van der Waals surface area contributed by atoms with Gasteiger partial charge in [0.05, 0.1) is 17.6 Å². The summed E-state index contributed by atoms with van der Waals surface area (Å²) in [5.41, 5.74) is 3.97. The molecule has 1 aromatic carbocycles. The summed E-state index contributed by atoms with van der Waals surface area (Å²) < 4.78 is 24.8. The maximum atomic E-state index is 13.0. The topological polar surface area (TPSA) is 88.4 Å². The van der Waals surface area contributed by atoms with Crippen LogP contribution in [-0.4, -0.2) is 71.0 Å². The first kappa shape index (κ1) is 20.5. The number of likely N-dealkylation sites (tertiary alicyclic amines) is 1. The Labute approximate surface area is 166 Å². The molecule has 8 nitrogen and oxygen atoms in total. The molecule has 3 rings (SSSR count). The maximum absolute atomic E-state index is 13.0. The average Bonchev–Trinajstić information content (AvgIpc) is 3.01. The minimum Gasteiger partial charge on any atom is -0.337 e. The first-order chi connectivity index (χ1) is 13.1. The van der Waals surface area contributed by atoms with E-state index in [0.717, 1.165) is 16.8 Å². The highest BCUT2D eigenvalue weighted by molar-refractivity contribution is 7.88. The Bertz CT molecular complexity index is 991. The SMILES string of the molecule is Cc1ccc(-n2nc(C)c(C(=O)N3CCC(N(C)S(C)(=O)=O)CC3)n2)c(C)c1. The third-order valence-corrected chi connectivity index (χ3v) is 6.69. The molecule has 9 heteroatoms. The molecule has 0 spiro atoms. The summed E-state index contributed by atoms with van der Waals surface area (Å²) in [4.78, 5) is 16.2. The second-order valence-corrected chi connectivity index (χ2v) is 9.56. The number of sulfonamides is 1. The molecule has 0 bridgehead atoms. The molecule has 1 fully saturated rings. The molecule has 1 aromatic heterocycles.